The summed E-state index contributed by atoms with van der Waals surface area (Å²) >= 11 is 5.58. The Balaban J connectivity index is 0.000000134. The Labute approximate surface area is 567 Å². The van der Waals surface area contributed by atoms with Gasteiger partial charge in [0.05, 0.1) is 65.9 Å². The number of thioether (sulfide) groups is 2. The molecule has 0 saturated heterocycles. The van der Waals surface area contributed by atoms with E-state index >= 15 is 0 Å². The van der Waals surface area contributed by atoms with E-state index in [0.717, 1.165) is 120 Å². The Morgan fingerprint density at radius 1 is 0.277 bits per heavy atom. The molecule has 0 spiro atoms. The smallest absolute Gasteiger partial charge is 0.260 e. The SMILES string of the molecule is CC1=C2C(=O)N(C)C(C)=C2C(=O)N1C.CC1=C2SC(=O)C(C)=C2SC1=O.Cc1c(C)c(C)c2c(c1C)/C(=C1\C(=O)N(C)c3c(C)c(C)c(C)c(C)c31)C(=O)N2C.Cc1c(C)c(C)c2nn(C)nc2c1C.Cc1sc2c(c1C)N(C)C(=O)/C2=C1/C(=O)N(C)c2c1sc(C)c2C. The molecule has 8 aliphatic rings. The Morgan fingerprint density at radius 2 is 0.543 bits per heavy atom. The number of carbonyl (C=O) groups excluding carboxylic acids is 8. The molecule has 11 heterocycles. The molecule has 3 aromatic carbocycles. The van der Waals surface area contributed by atoms with Crippen LogP contribution in [-0.2, 0) is 45.4 Å². The molecule has 0 aliphatic carbocycles. The van der Waals surface area contributed by atoms with Crippen molar-refractivity contribution in [3.05, 3.63) is 152 Å². The van der Waals surface area contributed by atoms with Crippen molar-refractivity contribution in [2.45, 2.75) is 138 Å². The van der Waals surface area contributed by atoms with E-state index in [1.165, 1.54) is 87.6 Å². The third kappa shape index (κ3) is 9.98. The number of rotatable bonds is 0. The maximum atomic E-state index is 13.6. The fourth-order valence-electron chi connectivity index (χ4n) is 13.6. The van der Waals surface area contributed by atoms with Crippen LogP contribution in [0.1, 0.15) is 136 Å². The number of fused-ring (bicyclic) bond motifs is 7. The highest BCUT2D eigenvalue weighted by Crippen LogP contribution is 2.56. The van der Waals surface area contributed by atoms with E-state index < -0.39 is 0 Å². The minimum atomic E-state index is -0.0962. The Morgan fingerprint density at radius 3 is 0.862 bits per heavy atom. The number of carbonyl (C=O) groups is 8. The fraction of sp³-hybridized carbons (Fsp3) is 0.370. The molecule has 0 unspecified atom stereocenters. The summed E-state index contributed by atoms with van der Waals surface area (Å²) in [4.78, 5) is 116. The largest absolute Gasteiger partial charge is 0.315 e. The molecule has 490 valence electrons. The Hall–Kier alpha value is -8.24. The predicted octanol–water partition coefficient (Wildman–Crippen LogP) is 13.7. The first kappa shape index (κ1) is 68.6. The van der Waals surface area contributed by atoms with E-state index in [-0.39, 0.29) is 45.7 Å². The molecule has 0 atom stereocenters. The highest BCUT2D eigenvalue weighted by molar-refractivity contribution is 8.24. The average molecular weight is 1340 g/mol. The number of thiophene rings is 2. The molecular formula is C73H81N9O8S4. The van der Waals surface area contributed by atoms with Gasteiger partial charge in [-0.3, -0.25) is 38.4 Å². The number of aryl methyl sites for hydroxylation is 5. The van der Waals surface area contributed by atoms with Crippen molar-refractivity contribution < 1.29 is 38.4 Å². The lowest BCUT2D eigenvalue weighted by atomic mass is 9.85. The summed E-state index contributed by atoms with van der Waals surface area (Å²) in [6.45, 7) is 40.5. The molecule has 6 amide bonds. The van der Waals surface area contributed by atoms with Crippen LogP contribution in [0.5, 0.6) is 0 Å². The quantitative estimate of drug-likeness (QED) is 0.131. The molecule has 14 rings (SSSR count). The van der Waals surface area contributed by atoms with Gasteiger partial charge in [0.2, 0.25) is 10.2 Å². The van der Waals surface area contributed by atoms with Gasteiger partial charge in [0.25, 0.3) is 35.4 Å². The molecule has 17 nitrogen and oxygen atoms in total. The lowest BCUT2D eigenvalue weighted by molar-refractivity contribution is -0.123. The minimum Gasteiger partial charge on any atom is -0.315 e. The number of benzene rings is 3. The van der Waals surface area contributed by atoms with Crippen LogP contribution in [-0.4, -0.2) is 113 Å². The molecule has 0 fully saturated rings. The maximum absolute atomic E-state index is 13.6. The number of anilines is 4. The number of allylic oxidation sites excluding steroid dienone is 2. The van der Waals surface area contributed by atoms with E-state index in [2.05, 4.69) is 107 Å². The van der Waals surface area contributed by atoms with Crippen LogP contribution in [0.4, 0.5) is 22.7 Å². The fourth-order valence-corrected chi connectivity index (χ4v) is 18.3. The zero-order valence-electron chi connectivity index (χ0n) is 58.9. The standard InChI is InChI=1S/C26H30N2O2.C18H18N2O2S2.C11H15N3.C10H12N2O2.C8H6O2S2/c1-11-13(3)17(7)23-19(15(11)5)21(25(29)27(23)9)22-20-16(6)12(2)14(4)18(8)24(20)28(10)26(22)30;1-7-9(3)23-15-11(17(21)19(5)13(7)15)12-16-14(20(6)18(12)22)8(2)10(4)24-16;1-6-7(2)9(4)11-10(8(6)3)12-14(5)13-11;1-5-7-8(10(14)11(5)3)6(2)12(4)9(7)13;1-3-5-6(12-7(3)9)4(2)8(10)11-5/h1-10H3;1-6H3;1-5H3;1-4H3;1-2H3/b22-21+;12-11+;;;. The Kier molecular flexibility index (Phi) is 17.7. The summed E-state index contributed by atoms with van der Waals surface area (Å²) in [5.74, 6) is -0.497. The summed E-state index contributed by atoms with van der Waals surface area (Å²) in [5.41, 5.74) is 30.6. The van der Waals surface area contributed by atoms with Crippen LogP contribution in [0.25, 0.3) is 33.3 Å². The molecular weight excluding hydrogens is 1260 g/mol. The van der Waals surface area contributed by atoms with Crippen molar-refractivity contribution in [1.29, 1.82) is 0 Å². The van der Waals surface area contributed by atoms with E-state index in [1.807, 2.05) is 35.0 Å². The van der Waals surface area contributed by atoms with Crippen molar-refractivity contribution in [3.8, 4) is 0 Å². The highest BCUT2D eigenvalue weighted by atomic mass is 32.2. The highest BCUT2D eigenvalue weighted by Gasteiger charge is 2.47. The summed E-state index contributed by atoms with van der Waals surface area (Å²) in [6, 6.07) is 0. The minimum absolute atomic E-state index is 0.0762. The van der Waals surface area contributed by atoms with E-state index in [9.17, 15) is 38.4 Å². The molecule has 0 radical (unpaired) electrons. The number of hydrogen-bond acceptors (Lipinski definition) is 14. The van der Waals surface area contributed by atoms with E-state index in [0.29, 0.717) is 33.4 Å². The molecule has 6 aromatic rings. The third-order valence-electron chi connectivity index (χ3n) is 20.9. The summed E-state index contributed by atoms with van der Waals surface area (Å²) in [5, 5.41) is 8.93. The van der Waals surface area contributed by atoms with Gasteiger partial charge in [0.15, 0.2) is 0 Å². The summed E-state index contributed by atoms with van der Waals surface area (Å²) in [7, 11) is 12.5. The lowest BCUT2D eigenvalue weighted by Gasteiger charge is -2.19. The predicted molar refractivity (Wildman–Crippen MR) is 385 cm³/mol. The number of likely N-dealkylation sites (N-methyl/N-ethyl adjacent to an activating group) is 6. The van der Waals surface area contributed by atoms with Gasteiger partial charge >= 0.3 is 0 Å². The zero-order chi connectivity index (χ0) is 69.8. The van der Waals surface area contributed by atoms with Gasteiger partial charge in [-0.2, -0.15) is 15.0 Å². The lowest BCUT2D eigenvalue weighted by Crippen LogP contribution is -2.24. The van der Waals surface area contributed by atoms with E-state index in [4.69, 9.17) is 0 Å². The second-order valence-corrected chi connectivity index (χ2v) is 30.0. The van der Waals surface area contributed by atoms with Crippen LogP contribution in [0.2, 0.25) is 0 Å². The van der Waals surface area contributed by atoms with Gasteiger partial charge in [-0.05, 0) is 240 Å². The van der Waals surface area contributed by atoms with Gasteiger partial charge in [-0.15, -0.1) is 22.7 Å². The van der Waals surface area contributed by atoms with Gasteiger partial charge < -0.3 is 29.4 Å². The second-order valence-electron chi connectivity index (χ2n) is 25.5. The van der Waals surface area contributed by atoms with Crippen molar-refractivity contribution in [2.24, 2.45) is 7.05 Å². The summed E-state index contributed by atoms with van der Waals surface area (Å²) < 4.78 is 0. The number of hydrogen-bond donors (Lipinski definition) is 0. The van der Waals surface area contributed by atoms with Gasteiger partial charge in [0.1, 0.15) is 11.0 Å². The number of aromatic nitrogens is 3. The molecule has 94 heavy (non-hydrogen) atoms. The third-order valence-corrected chi connectivity index (χ3v) is 25.9. The molecule has 0 saturated carbocycles. The van der Waals surface area contributed by atoms with Crippen molar-refractivity contribution in [2.75, 3.05) is 61.9 Å². The molecule has 0 N–H and O–H groups in total. The molecule has 21 heteroatoms. The van der Waals surface area contributed by atoms with Crippen LogP contribution in [0.15, 0.2) is 43.5 Å². The van der Waals surface area contributed by atoms with E-state index in [1.54, 1.807) is 103 Å². The first-order valence-electron chi connectivity index (χ1n) is 30.9. The average Bonchev–Trinajstić information content (AvgIpc) is 1.54. The van der Waals surface area contributed by atoms with Crippen molar-refractivity contribution in [3.63, 3.8) is 0 Å². The topological polar surface area (TPSA) is 187 Å². The van der Waals surface area contributed by atoms with Crippen LogP contribution in [0, 0.1) is 111 Å². The van der Waals surface area contributed by atoms with Gasteiger partial charge in [-0.1, -0.05) is 0 Å². The normalized spacial score (nSPS) is 18.5. The molecule has 3 aromatic heterocycles. The summed E-state index contributed by atoms with van der Waals surface area (Å²) in [6.07, 6.45) is 0. The zero-order valence-corrected chi connectivity index (χ0v) is 62.2. The monoisotopic (exact) mass is 1340 g/mol. The Bertz CT molecular complexity index is 4540. The van der Waals surface area contributed by atoms with Crippen molar-refractivity contribution >= 4 is 148 Å². The first-order chi connectivity index (χ1) is 43.8. The van der Waals surface area contributed by atoms with Crippen molar-refractivity contribution in [1.82, 2.24) is 24.8 Å². The van der Waals surface area contributed by atoms with Gasteiger partial charge in [0, 0.05) is 103 Å². The molecule has 0 bridgehead atoms. The number of nitrogens with zero attached hydrogens (tertiary/aromatic N) is 9. The molecule has 8 aliphatic heterocycles. The first-order valence-corrected chi connectivity index (χ1v) is 34.2. The number of amides is 6. The maximum Gasteiger partial charge on any atom is 0.260 e. The van der Waals surface area contributed by atoms with Crippen LogP contribution in [0.3, 0.4) is 0 Å². The van der Waals surface area contributed by atoms with Gasteiger partial charge in [-0.25, -0.2) is 0 Å². The van der Waals surface area contributed by atoms with Crippen LogP contribution < -0.4 is 19.6 Å². The van der Waals surface area contributed by atoms with Crippen LogP contribution >= 0.6 is 46.2 Å². The second kappa shape index (κ2) is 24.2.